The first-order valence-electron chi connectivity index (χ1n) is 13.4. The molecule has 3 aromatic carbocycles. The number of carbonyl (C=O) groups excluding carboxylic acids is 1. The summed E-state index contributed by atoms with van der Waals surface area (Å²) in [5, 5.41) is 0. The fraction of sp³-hybridized carbons (Fsp3) is 0.406. The van der Waals surface area contributed by atoms with E-state index in [4.69, 9.17) is 9.78 Å². The molecule has 3 aromatic rings. The molecule has 0 amide bonds. The standard InChI is InChI=1S/C32H39FO3/c1-4-6-7-8-9-13-20-35-36-32(34)27-17-19-28(26-14-11-10-12-15-26)30(23-27)29-18-16-25(22-31(29)33)21-24(3)5-2/h10-12,14-19,22-24H,4-9,13,20-21H2,1-3H3. The number of hydrogen-bond donors (Lipinski definition) is 0. The number of carbonyl (C=O) groups is 1. The van der Waals surface area contributed by atoms with Crippen LogP contribution >= 0.6 is 0 Å². The minimum absolute atomic E-state index is 0.294. The van der Waals surface area contributed by atoms with E-state index < -0.39 is 5.97 Å². The van der Waals surface area contributed by atoms with Crippen molar-refractivity contribution in [2.75, 3.05) is 6.61 Å². The van der Waals surface area contributed by atoms with E-state index in [1.807, 2.05) is 48.5 Å². The SMILES string of the molecule is CCCCCCCCOOC(=O)c1ccc(-c2ccccc2)c(-c2ccc(CC(C)CC)cc2F)c1. The predicted molar refractivity (Wildman–Crippen MR) is 145 cm³/mol. The van der Waals surface area contributed by atoms with Crippen molar-refractivity contribution in [1.29, 1.82) is 0 Å². The summed E-state index contributed by atoms with van der Waals surface area (Å²) in [5.41, 5.74) is 4.23. The fourth-order valence-corrected chi connectivity index (χ4v) is 4.30. The van der Waals surface area contributed by atoms with Gasteiger partial charge in [-0.15, -0.1) is 0 Å². The molecule has 0 saturated carbocycles. The number of unbranched alkanes of at least 4 members (excludes halogenated alkanes) is 5. The summed E-state index contributed by atoms with van der Waals surface area (Å²) in [6, 6.07) is 20.5. The topological polar surface area (TPSA) is 35.5 Å². The molecule has 0 N–H and O–H groups in total. The lowest BCUT2D eigenvalue weighted by Crippen LogP contribution is -2.07. The van der Waals surface area contributed by atoms with Crippen LogP contribution in [0, 0.1) is 11.7 Å². The third-order valence-corrected chi connectivity index (χ3v) is 6.66. The lowest BCUT2D eigenvalue weighted by Gasteiger charge is -2.15. The summed E-state index contributed by atoms with van der Waals surface area (Å²) in [6.07, 6.45) is 8.64. The molecule has 0 aliphatic heterocycles. The second-order valence-corrected chi connectivity index (χ2v) is 9.62. The second kappa shape index (κ2) is 14.5. The van der Waals surface area contributed by atoms with Crippen LogP contribution < -0.4 is 0 Å². The molecular formula is C32H39FO3. The van der Waals surface area contributed by atoms with Crippen molar-refractivity contribution in [3.8, 4) is 22.3 Å². The van der Waals surface area contributed by atoms with Crippen LogP contribution in [0.5, 0.6) is 0 Å². The van der Waals surface area contributed by atoms with Crippen LogP contribution in [0.3, 0.4) is 0 Å². The summed E-state index contributed by atoms with van der Waals surface area (Å²) in [4.78, 5) is 22.9. The molecule has 3 rings (SSSR count). The third kappa shape index (κ3) is 8.03. The van der Waals surface area contributed by atoms with E-state index in [1.54, 1.807) is 18.2 Å². The van der Waals surface area contributed by atoms with Crippen molar-refractivity contribution in [1.82, 2.24) is 0 Å². The Labute approximate surface area is 215 Å². The smallest absolute Gasteiger partial charge is 0.293 e. The Kier molecular flexibility index (Phi) is 11.2. The molecule has 1 unspecified atom stereocenters. The highest BCUT2D eigenvalue weighted by Crippen LogP contribution is 2.35. The average Bonchev–Trinajstić information content (AvgIpc) is 2.90. The maximum Gasteiger partial charge on any atom is 0.373 e. The molecule has 3 nitrogen and oxygen atoms in total. The van der Waals surface area contributed by atoms with Gasteiger partial charge in [-0.3, -0.25) is 4.89 Å². The molecule has 0 spiro atoms. The summed E-state index contributed by atoms with van der Waals surface area (Å²) in [5.74, 6) is -0.377. The normalized spacial score (nSPS) is 11.9. The molecule has 36 heavy (non-hydrogen) atoms. The Hall–Kier alpha value is -2.98. The Bertz CT molecular complexity index is 1090. The van der Waals surface area contributed by atoms with Gasteiger partial charge in [0, 0.05) is 5.56 Å². The Morgan fingerprint density at radius 2 is 1.56 bits per heavy atom. The van der Waals surface area contributed by atoms with Crippen LogP contribution in [-0.4, -0.2) is 12.6 Å². The van der Waals surface area contributed by atoms with Gasteiger partial charge >= 0.3 is 5.97 Å². The average molecular weight is 491 g/mol. The minimum atomic E-state index is -0.573. The lowest BCUT2D eigenvalue weighted by molar-refractivity contribution is -0.241. The van der Waals surface area contributed by atoms with Crippen LogP contribution in [0.4, 0.5) is 4.39 Å². The van der Waals surface area contributed by atoms with Crippen molar-refractivity contribution < 1.29 is 19.0 Å². The molecular weight excluding hydrogens is 451 g/mol. The van der Waals surface area contributed by atoms with Crippen molar-refractivity contribution in [2.24, 2.45) is 5.92 Å². The van der Waals surface area contributed by atoms with Gasteiger partial charge in [0.2, 0.25) is 0 Å². The highest BCUT2D eigenvalue weighted by atomic mass is 19.1. The summed E-state index contributed by atoms with van der Waals surface area (Å²) in [6.45, 7) is 6.88. The summed E-state index contributed by atoms with van der Waals surface area (Å²) in [7, 11) is 0. The molecule has 4 heteroatoms. The molecule has 0 saturated heterocycles. The largest absolute Gasteiger partial charge is 0.373 e. The van der Waals surface area contributed by atoms with Gasteiger partial charge in [-0.05, 0) is 59.2 Å². The van der Waals surface area contributed by atoms with Gasteiger partial charge in [-0.25, -0.2) is 9.18 Å². The van der Waals surface area contributed by atoms with Gasteiger partial charge < -0.3 is 0 Å². The van der Waals surface area contributed by atoms with Gasteiger partial charge in [-0.1, -0.05) is 108 Å². The van der Waals surface area contributed by atoms with Crippen molar-refractivity contribution in [3.05, 3.63) is 83.7 Å². The van der Waals surface area contributed by atoms with Gasteiger partial charge in [0.05, 0.1) is 12.2 Å². The Morgan fingerprint density at radius 1 is 0.833 bits per heavy atom. The third-order valence-electron chi connectivity index (χ3n) is 6.66. The Morgan fingerprint density at radius 3 is 2.28 bits per heavy atom. The molecule has 0 bridgehead atoms. The summed E-state index contributed by atoms with van der Waals surface area (Å²) >= 11 is 0. The van der Waals surface area contributed by atoms with Crippen LogP contribution in [0.15, 0.2) is 66.7 Å². The predicted octanol–water partition coefficient (Wildman–Crippen LogP) is 9.20. The molecule has 1 atom stereocenters. The zero-order valence-electron chi connectivity index (χ0n) is 21.9. The van der Waals surface area contributed by atoms with E-state index in [2.05, 4.69) is 20.8 Å². The highest BCUT2D eigenvalue weighted by molar-refractivity contribution is 5.94. The molecule has 0 fully saturated rings. The lowest BCUT2D eigenvalue weighted by atomic mass is 9.91. The fourth-order valence-electron chi connectivity index (χ4n) is 4.30. The van der Waals surface area contributed by atoms with E-state index in [0.717, 1.165) is 48.8 Å². The molecule has 0 aliphatic rings. The van der Waals surface area contributed by atoms with Gasteiger partial charge in [0.15, 0.2) is 0 Å². The van der Waals surface area contributed by atoms with Crippen LogP contribution in [0.2, 0.25) is 0 Å². The first-order valence-corrected chi connectivity index (χ1v) is 13.4. The molecule has 0 radical (unpaired) electrons. The molecule has 0 heterocycles. The molecule has 0 aliphatic carbocycles. The maximum atomic E-state index is 15.4. The number of halogens is 1. The zero-order valence-corrected chi connectivity index (χ0v) is 21.9. The molecule has 192 valence electrons. The number of rotatable bonds is 14. The number of benzene rings is 3. The van der Waals surface area contributed by atoms with E-state index in [0.29, 0.717) is 29.2 Å². The Balaban J connectivity index is 1.78. The zero-order chi connectivity index (χ0) is 25.8. The van der Waals surface area contributed by atoms with Crippen molar-refractivity contribution in [3.63, 3.8) is 0 Å². The minimum Gasteiger partial charge on any atom is -0.293 e. The van der Waals surface area contributed by atoms with Gasteiger partial charge in [0.25, 0.3) is 0 Å². The quantitative estimate of drug-likeness (QED) is 0.128. The van der Waals surface area contributed by atoms with Crippen LogP contribution in [0.1, 0.15) is 81.6 Å². The van der Waals surface area contributed by atoms with E-state index in [-0.39, 0.29) is 5.82 Å². The van der Waals surface area contributed by atoms with E-state index in [9.17, 15) is 4.79 Å². The molecule has 0 aromatic heterocycles. The first-order chi connectivity index (χ1) is 17.5. The first kappa shape index (κ1) is 27.6. The van der Waals surface area contributed by atoms with Crippen molar-refractivity contribution in [2.45, 2.75) is 72.1 Å². The summed E-state index contributed by atoms with van der Waals surface area (Å²) < 4.78 is 15.4. The van der Waals surface area contributed by atoms with Crippen LogP contribution in [-0.2, 0) is 16.2 Å². The highest BCUT2D eigenvalue weighted by Gasteiger charge is 2.17. The van der Waals surface area contributed by atoms with E-state index >= 15 is 4.39 Å². The van der Waals surface area contributed by atoms with E-state index in [1.165, 1.54) is 19.3 Å². The second-order valence-electron chi connectivity index (χ2n) is 9.62. The van der Waals surface area contributed by atoms with Crippen LogP contribution in [0.25, 0.3) is 22.3 Å². The van der Waals surface area contributed by atoms with Crippen molar-refractivity contribution >= 4 is 5.97 Å². The monoisotopic (exact) mass is 490 g/mol. The van der Waals surface area contributed by atoms with Gasteiger partial charge in [-0.2, -0.15) is 4.89 Å². The number of hydrogen-bond acceptors (Lipinski definition) is 3. The maximum absolute atomic E-state index is 15.4. The van der Waals surface area contributed by atoms with Gasteiger partial charge in [0.1, 0.15) is 5.82 Å².